The second-order valence-corrected chi connectivity index (χ2v) is 7.72. The first-order valence-corrected chi connectivity index (χ1v) is 8.33. The van der Waals surface area contributed by atoms with Crippen LogP contribution in [-0.2, 0) is 18.1 Å². The highest BCUT2D eigenvalue weighted by Gasteiger charge is 2.45. The maximum Gasteiger partial charge on any atom is 0.503 e. The first-order chi connectivity index (χ1) is 8.97. The van der Waals surface area contributed by atoms with Crippen LogP contribution in [0.5, 0.6) is 0 Å². The third-order valence-corrected chi connectivity index (χ3v) is 6.58. The normalized spacial score (nSPS) is 14.5. The van der Waals surface area contributed by atoms with Gasteiger partial charge in [0.25, 0.3) is 0 Å². The summed E-state index contributed by atoms with van der Waals surface area (Å²) in [6, 6.07) is 0. The van der Waals surface area contributed by atoms with Crippen LogP contribution in [0.25, 0.3) is 0 Å². The van der Waals surface area contributed by atoms with Crippen LogP contribution in [0.3, 0.4) is 0 Å². The Balaban J connectivity index is 4.73. The quantitative estimate of drug-likeness (QED) is 0.495. The molecule has 6 heteroatoms. The minimum Gasteiger partial charge on any atom is -0.478 e. The third-order valence-electron chi connectivity index (χ3n) is 3.29. The van der Waals surface area contributed by atoms with E-state index in [-0.39, 0.29) is 5.54 Å². The van der Waals surface area contributed by atoms with E-state index in [2.05, 4.69) is 6.92 Å². The van der Waals surface area contributed by atoms with Gasteiger partial charge in [-0.2, -0.15) is 0 Å². The van der Waals surface area contributed by atoms with E-state index >= 15 is 0 Å². The molecule has 0 fully saturated rings. The molecule has 112 valence electrons. The molecular formula is C13H26O5Si. The summed E-state index contributed by atoms with van der Waals surface area (Å²) in [5.41, 5.74) is 0.560. The summed E-state index contributed by atoms with van der Waals surface area (Å²) in [7, 11) is 2.19. The Morgan fingerprint density at radius 1 is 1.21 bits per heavy atom. The zero-order chi connectivity index (χ0) is 14.9. The Morgan fingerprint density at radius 3 is 2.11 bits per heavy atom. The van der Waals surface area contributed by atoms with Crippen molar-refractivity contribution in [1.29, 1.82) is 0 Å². The zero-order valence-electron chi connectivity index (χ0n) is 12.6. The number of hydrogen-bond acceptors (Lipinski definition) is 4. The van der Waals surface area contributed by atoms with Crippen molar-refractivity contribution in [3.8, 4) is 0 Å². The lowest BCUT2D eigenvalue weighted by Gasteiger charge is -2.32. The number of carbonyl (C=O) groups is 1. The molecule has 1 unspecified atom stereocenters. The standard InChI is InChI=1S/C13H26O5Si/c1-6-8-12(19(16-3,17-4)18-5)10-7-9-11(2)13(14)15/h9,12H,6-8,10H2,1-5H3,(H,14,15). The Morgan fingerprint density at radius 2 is 1.74 bits per heavy atom. The lowest BCUT2D eigenvalue weighted by Crippen LogP contribution is -2.47. The highest BCUT2D eigenvalue weighted by molar-refractivity contribution is 6.62. The maximum absolute atomic E-state index is 10.7. The van der Waals surface area contributed by atoms with Crippen LogP contribution in [0, 0.1) is 0 Å². The molecule has 0 aromatic rings. The SMILES string of the molecule is CCCC(CCC=C(C)C(=O)O)[Si](OC)(OC)OC. The van der Waals surface area contributed by atoms with Gasteiger partial charge in [0, 0.05) is 32.4 Å². The van der Waals surface area contributed by atoms with Gasteiger partial charge in [-0.15, -0.1) is 0 Å². The number of carboxylic acid groups (broad SMARTS) is 1. The molecule has 0 aromatic heterocycles. The van der Waals surface area contributed by atoms with E-state index < -0.39 is 14.8 Å². The lowest BCUT2D eigenvalue weighted by atomic mass is 10.1. The van der Waals surface area contributed by atoms with Crippen LogP contribution in [0.4, 0.5) is 0 Å². The van der Waals surface area contributed by atoms with Crippen molar-refractivity contribution in [3.63, 3.8) is 0 Å². The third kappa shape index (κ3) is 5.44. The minimum atomic E-state index is -2.64. The smallest absolute Gasteiger partial charge is 0.478 e. The highest BCUT2D eigenvalue weighted by atomic mass is 28.4. The second-order valence-electron chi connectivity index (χ2n) is 4.47. The molecule has 0 aliphatic heterocycles. The predicted molar refractivity (Wildman–Crippen MR) is 76.1 cm³/mol. The first kappa shape index (κ1) is 18.3. The van der Waals surface area contributed by atoms with E-state index in [1.807, 2.05) is 0 Å². The molecule has 1 atom stereocenters. The molecule has 0 aliphatic carbocycles. The average Bonchev–Trinajstić information content (AvgIpc) is 2.41. The first-order valence-electron chi connectivity index (χ1n) is 6.52. The molecule has 0 bridgehead atoms. The molecule has 0 aromatic carbocycles. The molecule has 1 N–H and O–H groups in total. The molecule has 0 rings (SSSR count). The fourth-order valence-corrected chi connectivity index (χ4v) is 4.85. The van der Waals surface area contributed by atoms with Crippen molar-refractivity contribution in [2.75, 3.05) is 21.3 Å². The fourth-order valence-electron chi connectivity index (χ4n) is 2.18. The number of hydrogen-bond donors (Lipinski definition) is 1. The van der Waals surface area contributed by atoms with Gasteiger partial charge in [0.15, 0.2) is 0 Å². The molecule has 19 heavy (non-hydrogen) atoms. The van der Waals surface area contributed by atoms with E-state index in [0.29, 0.717) is 12.0 Å². The Hall–Kier alpha value is -0.693. The lowest BCUT2D eigenvalue weighted by molar-refractivity contribution is -0.132. The molecule has 0 aliphatic rings. The van der Waals surface area contributed by atoms with Crippen LogP contribution in [0.15, 0.2) is 11.6 Å². The van der Waals surface area contributed by atoms with Crippen molar-refractivity contribution in [1.82, 2.24) is 0 Å². The topological polar surface area (TPSA) is 65.0 Å². The van der Waals surface area contributed by atoms with Gasteiger partial charge < -0.3 is 18.4 Å². The van der Waals surface area contributed by atoms with E-state index in [0.717, 1.165) is 19.3 Å². The van der Waals surface area contributed by atoms with Gasteiger partial charge in [-0.05, 0) is 26.2 Å². The van der Waals surface area contributed by atoms with E-state index in [4.69, 9.17) is 18.4 Å². The van der Waals surface area contributed by atoms with Crippen LogP contribution in [-0.4, -0.2) is 41.2 Å². The molecule has 0 heterocycles. The van der Waals surface area contributed by atoms with Gasteiger partial charge in [-0.1, -0.05) is 19.4 Å². The van der Waals surface area contributed by atoms with Gasteiger partial charge in [0.2, 0.25) is 0 Å². The Labute approximate surface area is 116 Å². The summed E-state index contributed by atoms with van der Waals surface area (Å²) < 4.78 is 16.5. The Bertz CT molecular complexity index is 291. The zero-order valence-corrected chi connectivity index (χ0v) is 13.6. The summed E-state index contributed by atoms with van der Waals surface area (Å²) in [6.07, 6.45) is 5.19. The molecule has 0 radical (unpaired) electrons. The molecule has 0 amide bonds. The number of carboxylic acids is 1. The minimum absolute atomic E-state index is 0.190. The molecule has 0 spiro atoms. The van der Waals surface area contributed by atoms with Crippen LogP contribution >= 0.6 is 0 Å². The molecule has 0 saturated carbocycles. The molecule has 0 saturated heterocycles. The highest BCUT2D eigenvalue weighted by Crippen LogP contribution is 2.33. The van der Waals surface area contributed by atoms with Crippen LogP contribution < -0.4 is 0 Å². The second kappa shape index (κ2) is 9.25. The van der Waals surface area contributed by atoms with Gasteiger partial charge in [-0.25, -0.2) is 4.79 Å². The number of allylic oxidation sites excluding steroid dienone is 1. The van der Waals surface area contributed by atoms with Crippen molar-refractivity contribution < 1.29 is 23.2 Å². The van der Waals surface area contributed by atoms with Crippen LogP contribution in [0.2, 0.25) is 5.54 Å². The van der Waals surface area contributed by atoms with Gasteiger partial charge in [-0.3, -0.25) is 0 Å². The van der Waals surface area contributed by atoms with E-state index in [9.17, 15) is 4.79 Å². The summed E-state index contributed by atoms with van der Waals surface area (Å²) >= 11 is 0. The van der Waals surface area contributed by atoms with Crippen molar-refractivity contribution >= 4 is 14.8 Å². The summed E-state index contributed by atoms with van der Waals surface area (Å²) in [6.45, 7) is 3.70. The maximum atomic E-state index is 10.7. The Kier molecular flexibility index (Phi) is 8.91. The summed E-state index contributed by atoms with van der Waals surface area (Å²) in [5.74, 6) is -0.874. The van der Waals surface area contributed by atoms with Crippen molar-refractivity contribution in [2.24, 2.45) is 0 Å². The predicted octanol–water partition coefficient (Wildman–Crippen LogP) is 2.85. The largest absolute Gasteiger partial charge is 0.503 e. The molecule has 5 nitrogen and oxygen atoms in total. The molecular weight excluding hydrogens is 264 g/mol. The summed E-state index contributed by atoms with van der Waals surface area (Å²) in [5, 5.41) is 8.82. The summed E-state index contributed by atoms with van der Waals surface area (Å²) in [4.78, 5) is 10.7. The van der Waals surface area contributed by atoms with Gasteiger partial charge >= 0.3 is 14.8 Å². The fraction of sp³-hybridized carbons (Fsp3) is 0.769. The van der Waals surface area contributed by atoms with Gasteiger partial charge in [0.05, 0.1) is 0 Å². The monoisotopic (exact) mass is 290 g/mol. The number of aliphatic carboxylic acids is 1. The van der Waals surface area contributed by atoms with Crippen molar-refractivity contribution in [3.05, 3.63) is 11.6 Å². The average molecular weight is 290 g/mol. The van der Waals surface area contributed by atoms with E-state index in [1.54, 1.807) is 34.3 Å². The van der Waals surface area contributed by atoms with Crippen molar-refractivity contribution in [2.45, 2.75) is 45.1 Å². The van der Waals surface area contributed by atoms with E-state index in [1.165, 1.54) is 0 Å². The van der Waals surface area contributed by atoms with Crippen LogP contribution in [0.1, 0.15) is 39.5 Å². The number of rotatable bonds is 10. The van der Waals surface area contributed by atoms with Gasteiger partial charge in [0.1, 0.15) is 0 Å².